The molecule has 3 aromatic rings. The zero-order chi connectivity index (χ0) is 23.3. The maximum Gasteiger partial charge on any atom is 0.573 e. The third-order valence-corrected chi connectivity index (χ3v) is 4.44. The van der Waals surface area contributed by atoms with Crippen LogP contribution in [0.3, 0.4) is 0 Å². The number of anilines is 2. The largest absolute Gasteiger partial charge is 0.573 e. The Bertz CT molecular complexity index is 1070. The van der Waals surface area contributed by atoms with Crippen molar-refractivity contribution in [2.45, 2.75) is 32.8 Å². The number of ether oxygens (including phenoxy) is 1. The van der Waals surface area contributed by atoms with Crippen molar-refractivity contribution in [2.24, 2.45) is 0 Å². The molecule has 0 aliphatic carbocycles. The fourth-order valence-electron chi connectivity index (χ4n) is 2.94. The number of benzene rings is 2. The van der Waals surface area contributed by atoms with Gasteiger partial charge in [-0.15, -0.1) is 13.2 Å². The molecule has 0 aliphatic heterocycles. The minimum Gasteiger partial charge on any atom is -0.406 e. The molecular formula is C22H22F3N5O2. The summed E-state index contributed by atoms with van der Waals surface area (Å²) < 4.78 is 40.7. The number of nitrogens with one attached hydrogen (secondary N) is 1. The van der Waals surface area contributed by atoms with Crippen LogP contribution >= 0.6 is 0 Å². The quantitative estimate of drug-likeness (QED) is 0.553. The molecule has 1 aromatic heterocycles. The van der Waals surface area contributed by atoms with Crippen LogP contribution in [-0.2, 0) is 6.54 Å². The lowest BCUT2D eigenvalue weighted by atomic mass is 10.1. The first-order chi connectivity index (χ1) is 15.1. The van der Waals surface area contributed by atoms with Crippen molar-refractivity contribution in [3.8, 4) is 17.1 Å². The number of rotatable bonds is 6. The topological polar surface area (TPSA) is 93.4 Å². The average Bonchev–Trinajstić information content (AvgIpc) is 2.72. The fourth-order valence-corrected chi connectivity index (χ4v) is 2.94. The van der Waals surface area contributed by atoms with Crippen molar-refractivity contribution in [1.82, 2.24) is 14.9 Å². The van der Waals surface area contributed by atoms with Crippen LogP contribution in [0.2, 0.25) is 0 Å². The zero-order valence-corrected chi connectivity index (χ0v) is 17.4. The molecule has 32 heavy (non-hydrogen) atoms. The molecular weight excluding hydrogens is 423 g/mol. The van der Waals surface area contributed by atoms with Gasteiger partial charge in [0.1, 0.15) is 11.6 Å². The second-order valence-electron chi connectivity index (χ2n) is 7.23. The van der Waals surface area contributed by atoms with Gasteiger partial charge in [-0.1, -0.05) is 18.2 Å². The Hall–Kier alpha value is -3.82. The molecule has 0 spiro atoms. The van der Waals surface area contributed by atoms with Gasteiger partial charge in [0.05, 0.1) is 0 Å². The lowest BCUT2D eigenvalue weighted by Crippen LogP contribution is -2.39. The number of aromatic nitrogens is 2. The van der Waals surface area contributed by atoms with E-state index in [1.165, 1.54) is 12.1 Å². The van der Waals surface area contributed by atoms with Crippen LogP contribution < -0.4 is 15.8 Å². The number of carbonyl (C=O) groups excluding carboxylic acids is 1. The maximum absolute atomic E-state index is 12.8. The van der Waals surface area contributed by atoms with Crippen LogP contribution in [-0.4, -0.2) is 33.3 Å². The van der Waals surface area contributed by atoms with Gasteiger partial charge in [-0.3, -0.25) is 0 Å². The van der Waals surface area contributed by atoms with E-state index in [0.717, 1.165) is 23.3 Å². The molecule has 0 saturated carbocycles. The Balaban J connectivity index is 1.72. The first-order valence-electron chi connectivity index (χ1n) is 9.72. The second kappa shape index (κ2) is 9.54. The van der Waals surface area contributed by atoms with E-state index in [-0.39, 0.29) is 11.8 Å². The summed E-state index contributed by atoms with van der Waals surface area (Å²) in [6, 6.07) is 13.5. The molecule has 3 rings (SSSR count). The van der Waals surface area contributed by atoms with Crippen molar-refractivity contribution in [3.63, 3.8) is 0 Å². The van der Waals surface area contributed by atoms with E-state index in [2.05, 4.69) is 20.0 Å². The first kappa shape index (κ1) is 22.9. The molecule has 7 nitrogen and oxygen atoms in total. The summed E-state index contributed by atoms with van der Waals surface area (Å²) in [6.07, 6.45) is -3.20. The smallest absolute Gasteiger partial charge is 0.406 e. The number of nitrogens with two attached hydrogens (primary N) is 1. The number of urea groups is 1. The minimum absolute atomic E-state index is 0.143. The maximum atomic E-state index is 12.8. The van der Waals surface area contributed by atoms with Gasteiger partial charge in [-0.25, -0.2) is 14.8 Å². The van der Waals surface area contributed by atoms with E-state index in [4.69, 9.17) is 5.73 Å². The predicted octanol–water partition coefficient (Wildman–Crippen LogP) is 5.07. The van der Waals surface area contributed by atoms with Gasteiger partial charge in [0.2, 0.25) is 0 Å². The van der Waals surface area contributed by atoms with Gasteiger partial charge in [0.15, 0.2) is 5.82 Å². The van der Waals surface area contributed by atoms with E-state index < -0.39 is 12.4 Å². The summed E-state index contributed by atoms with van der Waals surface area (Å²) in [5, 5.41) is 2.70. The fraction of sp³-hybridized carbons (Fsp3) is 0.227. The summed E-state index contributed by atoms with van der Waals surface area (Å²) in [7, 11) is 0. The van der Waals surface area contributed by atoms with Crippen molar-refractivity contribution in [1.29, 1.82) is 0 Å². The van der Waals surface area contributed by atoms with E-state index in [1.807, 2.05) is 38.1 Å². The number of hydrogen-bond acceptors (Lipinski definition) is 5. The van der Waals surface area contributed by atoms with Crippen LogP contribution in [0.25, 0.3) is 11.4 Å². The highest BCUT2D eigenvalue weighted by atomic mass is 19.4. The van der Waals surface area contributed by atoms with E-state index >= 15 is 0 Å². The minimum atomic E-state index is -4.77. The third kappa shape index (κ3) is 6.34. The van der Waals surface area contributed by atoms with E-state index in [0.29, 0.717) is 23.9 Å². The number of nitrogens with zero attached hydrogens (tertiary/aromatic N) is 3. The highest BCUT2D eigenvalue weighted by Crippen LogP contribution is 2.24. The van der Waals surface area contributed by atoms with Crippen LogP contribution in [0.4, 0.5) is 29.5 Å². The highest BCUT2D eigenvalue weighted by molar-refractivity contribution is 5.89. The normalized spacial score (nSPS) is 11.3. The number of amides is 2. The molecule has 0 fully saturated rings. The monoisotopic (exact) mass is 445 g/mol. The molecule has 0 atom stereocenters. The van der Waals surface area contributed by atoms with Gasteiger partial charge in [0, 0.05) is 30.0 Å². The molecule has 3 N–H and O–H groups in total. The molecule has 0 bridgehead atoms. The Morgan fingerprint density at radius 1 is 1.16 bits per heavy atom. The summed E-state index contributed by atoms with van der Waals surface area (Å²) >= 11 is 0. The third-order valence-electron chi connectivity index (χ3n) is 4.44. The molecule has 0 saturated heterocycles. The number of hydrogen-bond donors (Lipinski definition) is 2. The van der Waals surface area contributed by atoms with Gasteiger partial charge in [-0.2, -0.15) is 0 Å². The van der Waals surface area contributed by atoms with Crippen molar-refractivity contribution >= 4 is 17.5 Å². The lowest BCUT2D eigenvalue weighted by Gasteiger charge is -2.27. The Kier molecular flexibility index (Phi) is 6.82. The molecule has 2 aromatic carbocycles. The molecule has 0 unspecified atom stereocenters. The molecule has 1 heterocycles. The molecule has 2 amide bonds. The second-order valence-corrected chi connectivity index (χ2v) is 7.23. The Morgan fingerprint density at radius 3 is 2.50 bits per heavy atom. The standard InChI is InChI=1S/C22H22F3N5O2/c1-14(2)30(21(31)28-17-6-8-18(9-7-17)32-22(23,24)25)13-15-4-3-5-16(12-15)20-27-11-10-19(26)29-20/h3-12,14H,13H2,1-2H3,(H,28,31)(H2,26,27,29). The van der Waals surface area contributed by atoms with Crippen molar-refractivity contribution in [3.05, 3.63) is 66.4 Å². The predicted molar refractivity (Wildman–Crippen MR) is 115 cm³/mol. The SMILES string of the molecule is CC(C)N(Cc1cccc(-c2nccc(N)n2)c1)C(=O)Nc1ccc(OC(F)(F)F)cc1. The van der Waals surface area contributed by atoms with Crippen molar-refractivity contribution < 1.29 is 22.7 Å². The molecule has 168 valence electrons. The first-order valence-corrected chi connectivity index (χ1v) is 9.72. The lowest BCUT2D eigenvalue weighted by molar-refractivity contribution is -0.274. The molecule has 0 aliphatic rings. The van der Waals surface area contributed by atoms with Gasteiger partial charge < -0.3 is 20.7 Å². The van der Waals surface area contributed by atoms with Crippen molar-refractivity contribution in [2.75, 3.05) is 11.1 Å². The Morgan fingerprint density at radius 2 is 1.88 bits per heavy atom. The number of carbonyl (C=O) groups is 1. The number of alkyl halides is 3. The van der Waals surface area contributed by atoms with Crippen LogP contribution in [0.5, 0.6) is 5.75 Å². The summed E-state index contributed by atoms with van der Waals surface area (Å²) in [4.78, 5) is 22.9. The number of nitrogen functional groups attached to an aromatic ring is 1. The van der Waals surface area contributed by atoms with Gasteiger partial charge >= 0.3 is 12.4 Å². The summed E-state index contributed by atoms with van der Waals surface area (Å²) in [5.74, 6) is 0.473. The highest BCUT2D eigenvalue weighted by Gasteiger charge is 2.31. The zero-order valence-electron chi connectivity index (χ0n) is 17.4. The van der Waals surface area contributed by atoms with Crippen LogP contribution in [0, 0.1) is 0 Å². The molecule has 0 radical (unpaired) electrons. The van der Waals surface area contributed by atoms with Crippen LogP contribution in [0.15, 0.2) is 60.8 Å². The summed E-state index contributed by atoms with van der Waals surface area (Å²) in [5.41, 5.74) is 7.69. The van der Waals surface area contributed by atoms with E-state index in [9.17, 15) is 18.0 Å². The van der Waals surface area contributed by atoms with Crippen LogP contribution in [0.1, 0.15) is 19.4 Å². The Labute approximate surface area is 183 Å². The number of halogens is 3. The van der Waals surface area contributed by atoms with Gasteiger partial charge in [-0.05, 0) is 55.8 Å². The average molecular weight is 445 g/mol. The summed E-state index contributed by atoms with van der Waals surface area (Å²) in [6.45, 7) is 4.03. The van der Waals surface area contributed by atoms with E-state index in [1.54, 1.807) is 17.2 Å². The molecule has 10 heteroatoms. The van der Waals surface area contributed by atoms with Gasteiger partial charge in [0.25, 0.3) is 0 Å².